The van der Waals surface area contributed by atoms with E-state index >= 15 is 0 Å². The third-order valence-electron chi connectivity index (χ3n) is 4.13. The van der Waals surface area contributed by atoms with E-state index in [9.17, 15) is 18.0 Å². The largest absolute Gasteiger partial charge is 0.468 e. The molecule has 0 unspecified atom stereocenters. The molecule has 0 spiro atoms. The van der Waals surface area contributed by atoms with Crippen LogP contribution in [-0.2, 0) is 24.3 Å². The average Bonchev–Trinajstić information content (AvgIpc) is 2.65. The molecule has 1 aliphatic rings. The predicted octanol–water partition coefficient (Wildman–Crippen LogP) is 3.06. The normalized spacial score (nSPS) is 13.8. The Morgan fingerprint density at radius 1 is 1.29 bits per heavy atom. The highest BCUT2D eigenvalue weighted by Gasteiger charge is 2.29. The maximum atomic E-state index is 12.8. The van der Waals surface area contributed by atoms with Crippen LogP contribution in [0.1, 0.15) is 5.56 Å². The summed E-state index contributed by atoms with van der Waals surface area (Å²) in [6.07, 6.45) is 0. The Kier molecular flexibility index (Phi) is 5.87. The quantitative estimate of drug-likeness (QED) is 0.718. The van der Waals surface area contributed by atoms with Crippen LogP contribution >= 0.6 is 23.4 Å². The number of benzene rings is 2. The second kappa shape index (κ2) is 8.02. The number of rotatable bonds is 5. The molecule has 1 aliphatic heterocycles. The molecule has 0 saturated carbocycles. The Hall–Kier alpha value is -2.23. The summed E-state index contributed by atoms with van der Waals surface area (Å²) in [7, 11) is -2.69. The molecule has 0 aliphatic carbocycles. The maximum absolute atomic E-state index is 12.8. The van der Waals surface area contributed by atoms with Crippen molar-refractivity contribution >= 4 is 56.6 Å². The van der Waals surface area contributed by atoms with Crippen molar-refractivity contribution in [1.82, 2.24) is 0 Å². The van der Waals surface area contributed by atoms with Gasteiger partial charge in [-0.15, -0.1) is 11.8 Å². The summed E-state index contributed by atoms with van der Waals surface area (Å²) in [5.74, 6) is -0.716. The first kappa shape index (κ1) is 20.5. The maximum Gasteiger partial charge on any atom is 0.325 e. The van der Waals surface area contributed by atoms with Gasteiger partial charge in [0, 0.05) is 9.92 Å². The molecule has 10 heteroatoms. The molecule has 0 atom stereocenters. The van der Waals surface area contributed by atoms with Gasteiger partial charge >= 0.3 is 5.97 Å². The van der Waals surface area contributed by atoms with Crippen LogP contribution in [0, 0.1) is 6.92 Å². The minimum absolute atomic E-state index is 0.0224. The molecule has 0 aromatic heterocycles. The number of nitrogens with one attached hydrogen (secondary N) is 1. The molecule has 7 nitrogen and oxygen atoms in total. The molecule has 0 bridgehead atoms. The van der Waals surface area contributed by atoms with Gasteiger partial charge in [-0.2, -0.15) is 0 Å². The third kappa shape index (κ3) is 4.26. The van der Waals surface area contributed by atoms with Gasteiger partial charge in [-0.05, 0) is 48.9 Å². The molecule has 3 rings (SSSR count). The fourth-order valence-corrected chi connectivity index (χ4v) is 4.95. The SMILES string of the molecule is COC(=O)CN1C(=O)CSc2ccc(S(=O)(=O)Nc3ccc(Cl)cc3C)cc21. The number of anilines is 2. The summed E-state index contributed by atoms with van der Waals surface area (Å²) in [4.78, 5) is 25.8. The third-order valence-corrected chi connectivity index (χ3v) is 6.78. The van der Waals surface area contributed by atoms with Crippen LogP contribution in [0.2, 0.25) is 5.02 Å². The molecule has 1 N–H and O–H groups in total. The van der Waals surface area contributed by atoms with Crippen LogP contribution < -0.4 is 9.62 Å². The van der Waals surface area contributed by atoms with Crippen molar-refractivity contribution in [2.75, 3.05) is 29.0 Å². The Bertz CT molecular complexity index is 1060. The number of halogens is 1. The average molecular weight is 441 g/mol. The first-order valence-corrected chi connectivity index (χ1v) is 11.0. The lowest BCUT2D eigenvalue weighted by atomic mass is 10.2. The summed E-state index contributed by atoms with van der Waals surface area (Å²) in [6.45, 7) is 1.46. The Balaban J connectivity index is 1.97. The second-order valence-electron chi connectivity index (χ2n) is 6.04. The number of fused-ring (bicyclic) bond motifs is 1. The minimum Gasteiger partial charge on any atom is -0.468 e. The van der Waals surface area contributed by atoms with Crippen LogP contribution in [-0.4, -0.2) is 39.7 Å². The van der Waals surface area contributed by atoms with Crippen molar-refractivity contribution in [3.05, 3.63) is 47.0 Å². The molecular weight excluding hydrogens is 424 g/mol. The zero-order chi connectivity index (χ0) is 20.5. The van der Waals surface area contributed by atoms with Crippen LogP contribution in [0.5, 0.6) is 0 Å². The van der Waals surface area contributed by atoms with Gasteiger partial charge in [0.25, 0.3) is 10.0 Å². The topological polar surface area (TPSA) is 92.8 Å². The zero-order valence-electron chi connectivity index (χ0n) is 15.1. The lowest BCUT2D eigenvalue weighted by molar-refractivity contribution is -0.139. The monoisotopic (exact) mass is 440 g/mol. The highest BCUT2D eigenvalue weighted by molar-refractivity contribution is 8.00. The van der Waals surface area contributed by atoms with Gasteiger partial charge in [-0.25, -0.2) is 8.42 Å². The van der Waals surface area contributed by atoms with Crippen molar-refractivity contribution < 1.29 is 22.7 Å². The van der Waals surface area contributed by atoms with E-state index in [1.54, 1.807) is 31.2 Å². The molecular formula is C18H17ClN2O5S2. The van der Waals surface area contributed by atoms with Gasteiger partial charge in [0.1, 0.15) is 6.54 Å². The number of aryl methyl sites for hydroxylation is 1. The van der Waals surface area contributed by atoms with E-state index in [-0.39, 0.29) is 23.1 Å². The van der Waals surface area contributed by atoms with Crippen LogP contribution in [0.4, 0.5) is 11.4 Å². The first-order chi connectivity index (χ1) is 13.2. The number of thioether (sulfide) groups is 1. The summed E-state index contributed by atoms with van der Waals surface area (Å²) in [6, 6.07) is 9.30. The smallest absolute Gasteiger partial charge is 0.325 e. The lowest BCUT2D eigenvalue weighted by Crippen LogP contribution is -2.39. The van der Waals surface area contributed by atoms with Gasteiger partial charge in [0.05, 0.1) is 29.1 Å². The van der Waals surface area contributed by atoms with Crippen molar-refractivity contribution in [2.45, 2.75) is 16.7 Å². The van der Waals surface area contributed by atoms with E-state index in [4.69, 9.17) is 11.6 Å². The fraction of sp³-hybridized carbons (Fsp3) is 0.222. The molecule has 2 aromatic carbocycles. The summed E-state index contributed by atoms with van der Waals surface area (Å²) >= 11 is 7.20. The van der Waals surface area contributed by atoms with E-state index in [2.05, 4.69) is 9.46 Å². The van der Waals surface area contributed by atoms with Crippen molar-refractivity contribution in [1.29, 1.82) is 0 Å². The van der Waals surface area contributed by atoms with E-state index < -0.39 is 16.0 Å². The molecule has 1 heterocycles. The fourth-order valence-electron chi connectivity index (χ4n) is 2.66. The minimum atomic E-state index is -3.91. The summed E-state index contributed by atoms with van der Waals surface area (Å²) in [5.41, 5.74) is 1.44. The van der Waals surface area contributed by atoms with Crippen molar-refractivity contribution in [3.8, 4) is 0 Å². The van der Waals surface area contributed by atoms with Crippen molar-refractivity contribution in [3.63, 3.8) is 0 Å². The number of carbonyl (C=O) groups excluding carboxylic acids is 2. The Morgan fingerprint density at radius 3 is 2.71 bits per heavy atom. The standard InChI is InChI=1S/C18H17ClN2O5S2/c1-11-7-12(19)3-5-14(11)20-28(24,25)13-4-6-16-15(8-13)21(9-18(23)26-2)17(22)10-27-16/h3-8,20H,9-10H2,1-2H3. The Labute approximate surface area is 172 Å². The van der Waals surface area contributed by atoms with Crippen molar-refractivity contribution in [2.24, 2.45) is 0 Å². The molecule has 28 heavy (non-hydrogen) atoms. The number of hydrogen-bond acceptors (Lipinski definition) is 6. The number of methoxy groups -OCH3 is 1. The molecule has 148 valence electrons. The highest BCUT2D eigenvalue weighted by Crippen LogP contribution is 2.37. The van der Waals surface area contributed by atoms with Gasteiger partial charge in [-0.3, -0.25) is 19.2 Å². The molecule has 1 amide bonds. The number of ether oxygens (including phenoxy) is 1. The summed E-state index contributed by atoms with van der Waals surface area (Å²) < 4.78 is 32.9. The van der Waals surface area contributed by atoms with Gasteiger partial charge in [0.15, 0.2) is 0 Å². The number of nitrogens with zero attached hydrogens (tertiary/aromatic N) is 1. The van der Waals surface area contributed by atoms with Gasteiger partial charge < -0.3 is 4.74 Å². The molecule has 0 fully saturated rings. The van der Waals surface area contributed by atoms with Gasteiger partial charge in [0.2, 0.25) is 5.91 Å². The summed E-state index contributed by atoms with van der Waals surface area (Å²) in [5, 5.41) is 0.503. The molecule has 2 aromatic rings. The van der Waals surface area contributed by atoms with Crippen LogP contribution in [0.25, 0.3) is 0 Å². The van der Waals surface area contributed by atoms with E-state index in [0.717, 1.165) is 0 Å². The number of hydrogen-bond donors (Lipinski definition) is 1. The number of amides is 1. The van der Waals surface area contributed by atoms with E-state index in [1.807, 2.05) is 0 Å². The van der Waals surface area contributed by atoms with E-state index in [1.165, 1.54) is 35.9 Å². The highest BCUT2D eigenvalue weighted by atomic mass is 35.5. The lowest BCUT2D eigenvalue weighted by Gasteiger charge is -2.28. The van der Waals surface area contributed by atoms with Crippen LogP contribution in [0.3, 0.4) is 0 Å². The number of esters is 1. The number of sulfonamides is 1. The zero-order valence-corrected chi connectivity index (χ0v) is 17.5. The Morgan fingerprint density at radius 2 is 2.04 bits per heavy atom. The second-order valence-corrected chi connectivity index (χ2v) is 9.17. The molecule has 0 radical (unpaired) electrons. The first-order valence-electron chi connectivity index (χ1n) is 8.14. The van der Waals surface area contributed by atoms with Crippen LogP contribution in [0.15, 0.2) is 46.2 Å². The van der Waals surface area contributed by atoms with E-state index in [0.29, 0.717) is 26.9 Å². The molecule has 0 saturated heterocycles. The number of carbonyl (C=O) groups is 2. The van der Waals surface area contributed by atoms with Gasteiger partial charge in [-0.1, -0.05) is 11.6 Å². The predicted molar refractivity (Wildman–Crippen MR) is 109 cm³/mol.